The molecule has 0 amide bonds. The zero-order valence-electron chi connectivity index (χ0n) is 12.1. The molecule has 0 aliphatic rings. The molecular formula is C15H18Br2N4. The highest BCUT2D eigenvalue weighted by Gasteiger charge is 2.11. The van der Waals surface area contributed by atoms with E-state index >= 15 is 0 Å². The predicted octanol–water partition coefficient (Wildman–Crippen LogP) is 5.13. The number of hydrogen-bond acceptors (Lipinski definition) is 4. The number of hydrogen-bond donors (Lipinski definition) is 2. The van der Waals surface area contributed by atoms with E-state index in [9.17, 15) is 0 Å². The van der Waals surface area contributed by atoms with E-state index in [1.165, 1.54) is 0 Å². The van der Waals surface area contributed by atoms with Crippen molar-refractivity contribution in [2.24, 2.45) is 0 Å². The number of rotatable bonds is 6. The van der Waals surface area contributed by atoms with Gasteiger partial charge in [-0.2, -0.15) is 0 Å². The van der Waals surface area contributed by atoms with Crippen molar-refractivity contribution in [2.75, 3.05) is 17.2 Å². The van der Waals surface area contributed by atoms with Crippen LogP contribution in [0, 0.1) is 0 Å². The van der Waals surface area contributed by atoms with Crippen molar-refractivity contribution in [3.8, 4) is 0 Å². The van der Waals surface area contributed by atoms with Crippen LogP contribution in [0.15, 0.2) is 33.5 Å². The number of halogens is 2. The Morgan fingerprint density at radius 1 is 1.10 bits per heavy atom. The van der Waals surface area contributed by atoms with Crippen molar-refractivity contribution in [3.05, 3.63) is 39.0 Å². The van der Waals surface area contributed by atoms with Crippen molar-refractivity contribution < 1.29 is 0 Å². The van der Waals surface area contributed by atoms with Crippen molar-refractivity contribution in [3.63, 3.8) is 0 Å². The standard InChI is InChI=1S/C15H18Br2N4/c1-3-7-18-14-11(4-2)15(20-9-19-14)21-13-6-5-10(16)8-12(13)17/h5-6,8-9H,3-4,7H2,1-2H3,(H2,18,19,20,21). The minimum absolute atomic E-state index is 0.842. The highest BCUT2D eigenvalue weighted by Crippen LogP contribution is 2.30. The lowest BCUT2D eigenvalue weighted by atomic mass is 10.2. The zero-order chi connectivity index (χ0) is 15.2. The molecule has 0 radical (unpaired) electrons. The van der Waals surface area contributed by atoms with Gasteiger partial charge < -0.3 is 10.6 Å². The third-order valence-corrected chi connectivity index (χ3v) is 4.17. The lowest BCUT2D eigenvalue weighted by molar-refractivity contribution is 0.949. The summed E-state index contributed by atoms with van der Waals surface area (Å²) < 4.78 is 2.02. The van der Waals surface area contributed by atoms with E-state index in [0.29, 0.717) is 0 Å². The first kappa shape index (κ1) is 16.2. The second kappa shape index (κ2) is 7.75. The number of aromatic nitrogens is 2. The van der Waals surface area contributed by atoms with Gasteiger partial charge in [0.05, 0.1) is 5.69 Å². The van der Waals surface area contributed by atoms with Crippen LogP contribution < -0.4 is 10.6 Å². The molecule has 0 aliphatic carbocycles. The maximum atomic E-state index is 4.38. The Morgan fingerprint density at radius 3 is 2.52 bits per heavy atom. The number of nitrogens with zero attached hydrogens (tertiary/aromatic N) is 2. The summed E-state index contributed by atoms with van der Waals surface area (Å²) in [6.07, 6.45) is 3.52. The third-order valence-electron chi connectivity index (χ3n) is 3.03. The molecule has 0 atom stereocenters. The molecule has 4 nitrogen and oxygen atoms in total. The first-order valence-corrected chi connectivity index (χ1v) is 8.54. The number of benzene rings is 1. The summed E-state index contributed by atoms with van der Waals surface area (Å²) in [7, 11) is 0. The topological polar surface area (TPSA) is 49.8 Å². The molecule has 21 heavy (non-hydrogen) atoms. The van der Waals surface area contributed by atoms with Gasteiger partial charge in [0.2, 0.25) is 0 Å². The van der Waals surface area contributed by atoms with E-state index in [1.807, 2.05) is 18.2 Å². The Labute approximate surface area is 142 Å². The average Bonchev–Trinajstić information content (AvgIpc) is 2.48. The molecular weight excluding hydrogens is 396 g/mol. The maximum Gasteiger partial charge on any atom is 0.139 e. The Kier molecular flexibility index (Phi) is 5.99. The number of nitrogens with one attached hydrogen (secondary N) is 2. The van der Waals surface area contributed by atoms with E-state index in [2.05, 4.69) is 66.3 Å². The molecule has 1 aromatic carbocycles. The van der Waals surface area contributed by atoms with Crippen molar-refractivity contribution >= 4 is 49.2 Å². The molecule has 112 valence electrons. The van der Waals surface area contributed by atoms with Gasteiger partial charge in [0.15, 0.2) is 0 Å². The fraction of sp³-hybridized carbons (Fsp3) is 0.333. The smallest absolute Gasteiger partial charge is 0.139 e. The quantitative estimate of drug-likeness (QED) is 0.689. The normalized spacial score (nSPS) is 10.5. The molecule has 2 aromatic rings. The fourth-order valence-electron chi connectivity index (χ4n) is 1.97. The zero-order valence-corrected chi connectivity index (χ0v) is 15.3. The van der Waals surface area contributed by atoms with Gasteiger partial charge >= 0.3 is 0 Å². The predicted molar refractivity (Wildman–Crippen MR) is 95.3 cm³/mol. The molecule has 6 heteroatoms. The Balaban J connectivity index is 2.30. The summed E-state index contributed by atoms with van der Waals surface area (Å²) in [6, 6.07) is 6.01. The first-order chi connectivity index (χ1) is 10.2. The van der Waals surface area contributed by atoms with E-state index in [0.717, 1.165) is 51.2 Å². The van der Waals surface area contributed by atoms with Crippen LogP contribution in [-0.4, -0.2) is 16.5 Å². The maximum absolute atomic E-state index is 4.38. The third kappa shape index (κ3) is 4.17. The van der Waals surface area contributed by atoms with Crippen molar-refractivity contribution in [2.45, 2.75) is 26.7 Å². The van der Waals surface area contributed by atoms with E-state index in [4.69, 9.17) is 0 Å². The largest absolute Gasteiger partial charge is 0.370 e. The Hall–Kier alpha value is -1.14. The summed E-state index contributed by atoms with van der Waals surface area (Å²) in [6.45, 7) is 5.15. The van der Waals surface area contributed by atoms with Gasteiger partial charge in [0.25, 0.3) is 0 Å². The first-order valence-electron chi connectivity index (χ1n) is 6.95. The van der Waals surface area contributed by atoms with Gasteiger partial charge in [-0.3, -0.25) is 0 Å². The van der Waals surface area contributed by atoms with Crippen molar-refractivity contribution in [1.82, 2.24) is 9.97 Å². The molecule has 1 aromatic heterocycles. The molecule has 1 heterocycles. The highest BCUT2D eigenvalue weighted by atomic mass is 79.9. The lowest BCUT2D eigenvalue weighted by Gasteiger charge is -2.15. The van der Waals surface area contributed by atoms with Gasteiger partial charge in [0, 0.05) is 21.1 Å². The summed E-state index contributed by atoms with van der Waals surface area (Å²) in [5, 5.41) is 6.73. The van der Waals surface area contributed by atoms with Crippen molar-refractivity contribution in [1.29, 1.82) is 0 Å². The van der Waals surface area contributed by atoms with Crippen LogP contribution in [-0.2, 0) is 6.42 Å². The van der Waals surface area contributed by atoms with E-state index in [1.54, 1.807) is 6.33 Å². The summed E-state index contributed by atoms with van der Waals surface area (Å²) in [4.78, 5) is 8.73. The summed E-state index contributed by atoms with van der Waals surface area (Å²) in [5.41, 5.74) is 2.08. The van der Waals surface area contributed by atoms with Gasteiger partial charge in [0.1, 0.15) is 18.0 Å². The molecule has 0 bridgehead atoms. The van der Waals surface area contributed by atoms with Gasteiger partial charge in [-0.15, -0.1) is 0 Å². The number of anilines is 3. The lowest BCUT2D eigenvalue weighted by Crippen LogP contribution is -2.08. The molecule has 0 aliphatic heterocycles. The van der Waals surface area contributed by atoms with Gasteiger partial charge in [-0.1, -0.05) is 29.8 Å². The van der Waals surface area contributed by atoms with Crippen LogP contribution in [0.25, 0.3) is 0 Å². The Bertz CT molecular complexity index is 617. The van der Waals surface area contributed by atoms with E-state index in [-0.39, 0.29) is 0 Å². The minimum Gasteiger partial charge on any atom is -0.370 e. The second-order valence-electron chi connectivity index (χ2n) is 4.58. The Morgan fingerprint density at radius 2 is 1.86 bits per heavy atom. The SMILES string of the molecule is CCCNc1ncnc(Nc2ccc(Br)cc2Br)c1CC. The highest BCUT2D eigenvalue weighted by molar-refractivity contribution is 9.11. The van der Waals surface area contributed by atoms with Crippen LogP contribution in [0.3, 0.4) is 0 Å². The average molecular weight is 414 g/mol. The molecule has 2 rings (SSSR count). The van der Waals surface area contributed by atoms with Crippen LogP contribution >= 0.6 is 31.9 Å². The summed E-state index contributed by atoms with van der Waals surface area (Å²) in [5.74, 6) is 1.75. The minimum atomic E-state index is 0.842. The van der Waals surface area contributed by atoms with Gasteiger partial charge in [-0.25, -0.2) is 9.97 Å². The molecule has 0 fully saturated rings. The van der Waals surface area contributed by atoms with Crippen LogP contribution in [0.1, 0.15) is 25.8 Å². The molecule has 0 spiro atoms. The molecule has 2 N–H and O–H groups in total. The molecule has 0 saturated carbocycles. The fourth-order valence-corrected chi connectivity index (χ4v) is 3.12. The van der Waals surface area contributed by atoms with Crippen LogP contribution in [0.2, 0.25) is 0 Å². The molecule has 0 unspecified atom stereocenters. The van der Waals surface area contributed by atoms with Crippen LogP contribution in [0.4, 0.5) is 17.3 Å². The summed E-state index contributed by atoms with van der Waals surface area (Å²) >= 11 is 7.02. The van der Waals surface area contributed by atoms with Gasteiger partial charge in [-0.05, 0) is 47.0 Å². The van der Waals surface area contributed by atoms with E-state index < -0.39 is 0 Å². The van der Waals surface area contributed by atoms with Crippen LogP contribution in [0.5, 0.6) is 0 Å². The second-order valence-corrected chi connectivity index (χ2v) is 6.35. The molecule has 0 saturated heterocycles. The monoisotopic (exact) mass is 412 g/mol.